The quantitative estimate of drug-likeness (QED) is 0.149. The second-order valence-corrected chi connectivity index (χ2v) is 11.4. The van der Waals surface area contributed by atoms with Crippen molar-refractivity contribution in [2.75, 3.05) is 0 Å². The summed E-state index contributed by atoms with van der Waals surface area (Å²) in [5.74, 6) is 0.989. The van der Waals surface area contributed by atoms with E-state index in [2.05, 4.69) is 138 Å². The molecule has 0 atom stereocenters. The van der Waals surface area contributed by atoms with E-state index in [0.717, 1.165) is 55.7 Å². The van der Waals surface area contributed by atoms with Gasteiger partial charge in [-0.2, -0.15) is 0 Å². The molecule has 0 bridgehead atoms. The van der Waals surface area contributed by atoms with Gasteiger partial charge in [-0.3, -0.25) is 9.98 Å². The van der Waals surface area contributed by atoms with Crippen LogP contribution >= 0.6 is 0 Å². The Hall–Kier alpha value is -6.26. The molecule has 218 valence electrons. The normalized spacial score (nSPS) is 11.2. The maximum Gasteiger partial charge on any atom is 0.145 e. The molecule has 0 fully saturated rings. The van der Waals surface area contributed by atoms with Gasteiger partial charge in [0.05, 0.1) is 11.0 Å². The predicted molar refractivity (Wildman–Crippen MR) is 191 cm³/mol. The number of rotatable bonds is 6. The molecule has 0 aliphatic carbocycles. The fourth-order valence-corrected chi connectivity index (χ4v) is 6.48. The van der Waals surface area contributed by atoms with Crippen LogP contribution < -0.4 is 5.73 Å². The molecule has 0 saturated heterocycles. The van der Waals surface area contributed by atoms with E-state index in [-0.39, 0.29) is 5.84 Å². The molecule has 0 unspecified atom stereocenters. The minimum absolute atomic E-state index is 0.0695. The molecule has 7 aromatic carbocycles. The van der Waals surface area contributed by atoms with Gasteiger partial charge < -0.3 is 5.73 Å². The summed E-state index contributed by atoms with van der Waals surface area (Å²) in [4.78, 5) is 5.05. The van der Waals surface area contributed by atoms with E-state index in [1.807, 2.05) is 30.3 Å². The van der Waals surface area contributed by atoms with E-state index in [0.29, 0.717) is 0 Å². The van der Waals surface area contributed by atoms with Crippen LogP contribution in [0.15, 0.2) is 164 Å². The zero-order valence-corrected chi connectivity index (χ0v) is 25.1. The maximum absolute atomic E-state index is 7.92. The van der Waals surface area contributed by atoms with Gasteiger partial charge in [-0.1, -0.05) is 133 Å². The highest BCUT2D eigenvalue weighted by molar-refractivity contribution is 6.07. The van der Waals surface area contributed by atoms with Gasteiger partial charge in [0.1, 0.15) is 11.7 Å². The zero-order chi connectivity index (χ0) is 31.0. The SMILES string of the molecule is N=C(N)c1cccc(-c2cccc3c(-c4ccccc4-c4ccc(-c5nc6ccccc6n5-c5ccccc5)cc4)cccc23)c1. The molecule has 0 radical (unpaired) electrons. The van der Waals surface area contributed by atoms with Crippen LogP contribution in [0.3, 0.4) is 0 Å². The van der Waals surface area contributed by atoms with Crippen molar-refractivity contribution in [3.63, 3.8) is 0 Å². The highest BCUT2D eigenvalue weighted by atomic mass is 15.1. The Balaban J connectivity index is 1.23. The van der Waals surface area contributed by atoms with Gasteiger partial charge >= 0.3 is 0 Å². The number of nitrogens with zero attached hydrogens (tertiary/aromatic N) is 2. The van der Waals surface area contributed by atoms with Crippen molar-refractivity contribution in [3.8, 4) is 50.5 Å². The third kappa shape index (κ3) is 4.73. The van der Waals surface area contributed by atoms with E-state index in [1.165, 1.54) is 22.1 Å². The lowest BCUT2D eigenvalue weighted by atomic mass is 9.89. The number of nitrogen functional groups attached to an aromatic ring is 1. The lowest BCUT2D eigenvalue weighted by molar-refractivity contribution is 1.10. The Kier molecular flexibility index (Phi) is 6.73. The Bertz CT molecular complexity index is 2380. The zero-order valence-electron chi connectivity index (χ0n) is 25.1. The first-order valence-corrected chi connectivity index (χ1v) is 15.4. The first kappa shape index (κ1) is 27.3. The molecule has 0 spiro atoms. The lowest BCUT2D eigenvalue weighted by Gasteiger charge is -2.15. The minimum Gasteiger partial charge on any atom is -0.384 e. The number of aromatic nitrogens is 2. The third-order valence-corrected chi connectivity index (χ3v) is 8.65. The van der Waals surface area contributed by atoms with Crippen molar-refractivity contribution in [2.24, 2.45) is 5.73 Å². The number of para-hydroxylation sites is 3. The summed E-state index contributed by atoms with van der Waals surface area (Å²) in [6.07, 6.45) is 0. The number of fused-ring (bicyclic) bond motifs is 2. The number of benzene rings is 7. The second-order valence-electron chi connectivity index (χ2n) is 11.4. The Morgan fingerprint density at radius 3 is 1.89 bits per heavy atom. The molecule has 0 saturated carbocycles. The van der Waals surface area contributed by atoms with Crippen LogP contribution in [-0.4, -0.2) is 15.4 Å². The van der Waals surface area contributed by atoms with Crippen molar-refractivity contribution < 1.29 is 0 Å². The molecule has 4 heteroatoms. The van der Waals surface area contributed by atoms with Gasteiger partial charge in [0.2, 0.25) is 0 Å². The lowest BCUT2D eigenvalue weighted by Crippen LogP contribution is -2.10. The molecule has 1 heterocycles. The minimum atomic E-state index is 0.0695. The molecule has 0 aliphatic heterocycles. The van der Waals surface area contributed by atoms with Crippen molar-refractivity contribution in [3.05, 3.63) is 169 Å². The van der Waals surface area contributed by atoms with Gasteiger partial charge in [0.25, 0.3) is 0 Å². The molecule has 3 N–H and O–H groups in total. The molecule has 8 rings (SSSR count). The fourth-order valence-electron chi connectivity index (χ4n) is 6.48. The van der Waals surface area contributed by atoms with E-state index in [9.17, 15) is 0 Å². The summed E-state index contributed by atoms with van der Waals surface area (Å²) in [5, 5.41) is 10.3. The molecular weight excluding hydrogens is 560 g/mol. The van der Waals surface area contributed by atoms with Gasteiger partial charge in [-0.25, -0.2) is 4.98 Å². The van der Waals surface area contributed by atoms with E-state index in [1.54, 1.807) is 0 Å². The Morgan fingerprint density at radius 1 is 0.500 bits per heavy atom. The average molecular weight is 591 g/mol. The predicted octanol–water partition coefficient (Wildman–Crippen LogP) is 10.1. The smallest absolute Gasteiger partial charge is 0.145 e. The number of nitrogens with two attached hydrogens (primary N) is 1. The van der Waals surface area contributed by atoms with Crippen LogP contribution in [0.2, 0.25) is 0 Å². The monoisotopic (exact) mass is 590 g/mol. The Morgan fingerprint density at radius 2 is 1.11 bits per heavy atom. The topological polar surface area (TPSA) is 67.7 Å². The van der Waals surface area contributed by atoms with E-state index < -0.39 is 0 Å². The summed E-state index contributed by atoms with van der Waals surface area (Å²) in [5.41, 5.74) is 17.6. The number of nitrogens with one attached hydrogen (secondary N) is 1. The fraction of sp³-hybridized carbons (Fsp3) is 0. The Labute approximate surface area is 267 Å². The number of hydrogen-bond acceptors (Lipinski definition) is 2. The van der Waals surface area contributed by atoms with Crippen molar-refractivity contribution in [2.45, 2.75) is 0 Å². The second kappa shape index (κ2) is 11.3. The molecule has 8 aromatic rings. The van der Waals surface area contributed by atoms with Gasteiger partial charge in [0.15, 0.2) is 0 Å². The first-order valence-electron chi connectivity index (χ1n) is 15.4. The molecule has 0 amide bonds. The summed E-state index contributed by atoms with van der Waals surface area (Å²) in [7, 11) is 0. The van der Waals surface area contributed by atoms with Crippen LogP contribution in [0.1, 0.15) is 5.56 Å². The molecule has 0 aliphatic rings. The van der Waals surface area contributed by atoms with Gasteiger partial charge in [0, 0.05) is 16.8 Å². The summed E-state index contributed by atoms with van der Waals surface area (Å²) in [6.45, 7) is 0. The maximum atomic E-state index is 7.92. The van der Waals surface area contributed by atoms with Gasteiger partial charge in [-0.05, 0) is 74.5 Å². The molecule has 46 heavy (non-hydrogen) atoms. The van der Waals surface area contributed by atoms with E-state index >= 15 is 0 Å². The highest BCUT2D eigenvalue weighted by Crippen LogP contribution is 2.40. The largest absolute Gasteiger partial charge is 0.384 e. The van der Waals surface area contributed by atoms with Gasteiger partial charge in [-0.15, -0.1) is 0 Å². The molecular formula is C42H30N4. The summed E-state index contributed by atoms with van der Waals surface area (Å²) >= 11 is 0. The highest BCUT2D eigenvalue weighted by Gasteiger charge is 2.16. The van der Waals surface area contributed by atoms with Crippen LogP contribution in [0.25, 0.3) is 72.3 Å². The summed E-state index contributed by atoms with van der Waals surface area (Å²) < 4.78 is 2.23. The van der Waals surface area contributed by atoms with Crippen LogP contribution in [-0.2, 0) is 0 Å². The van der Waals surface area contributed by atoms with E-state index in [4.69, 9.17) is 16.1 Å². The summed E-state index contributed by atoms with van der Waals surface area (Å²) in [6, 6.07) is 56.9. The van der Waals surface area contributed by atoms with Crippen molar-refractivity contribution in [1.29, 1.82) is 5.41 Å². The van der Waals surface area contributed by atoms with Crippen LogP contribution in [0.4, 0.5) is 0 Å². The average Bonchev–Trinajstić information content (AvgIpc) is 3.51. The van der Waals surface area contributed by atoms with Crippen LogP contribution in [0.5, 0.6) is 0 Å². The molecule has 4 nitrogen and oxygen atoms in total. The number of amidine groups is 1. The standard InChI is InChI=1S/C42H30N4/c43-41(44)31-12-8-11-30(27-31)34-17-9-19-38-36(34)18-10-20-37(38)35-16-5-4-15-33(35)28-23-25-29(26-24-28)42-45-39-21-6-7-22-40(39)46(42)32-13-2-1-3-14-32/h1-27H,(H3,43,44). The van der Waals surface area contributed by atoms with Crippen molar-refractivity contribution >= 4 is 27.6 Å². The third-order valence-electron chi connectivity index (χ3n) is 8.65. The first-order chi connectivity index (χ1) is 22.7. The number of imidazole rings is 1. The van der Waals surface area contributed by atoms with Crippen LogP contribution in [0, 0.1) is 5.41 Å². The van der Waals surface area contributed by atoms with Crippen molar-refractivity contribution in [1.82, 2.24) is 9.55 Å². The molecule has 1 aromatic heterocycles. The number of hydrogen-bond donors (Lipinski definition) is 2.